The van der Waals surface area contributed by atoms with E-state index in [1.165, 1.54) is 0 Å². The van der Waals surface area contributed by atoms with Gasteiger partial charge in [0.25, 0.3) is 0 Å². The van der Waals surface area contributed by atoms with Crippen molar-refractivity contribution in [3.63, 3.8) is 0 Å². The molecular weight excluding hydrogens is 236 g/mol. The maximum absolute atomic E-state index is 9.98. The third-order valence-electron chi connectivity index (χ3n) is 0.971. The zero-order valence-electron chi connectivity index (χ0n) is 8.04. The molecule has 0 saturated carbocycles. The van der Waals surface area contributed by atoms with Crippen molar-refractivity contribution < 1.29 is 48.5 Å². The number of hydrogen-bond acceptors (Lipinski definition) is 2. The molecule has 0 radical (unpaired) electrons. The van der Waals surface area contributed by atoms with Crippen LogP contribution < -0.4 is 12.4 Å². The second kappa shape index (κ2) is 18.8. The van der Waals surface area contributed by atoms with Gasteiger partial charge in [-0.05, 0) is 0 Å². The van der Waals surface area contributed by atoms with Crippen molar-refractivity contribution in [1.29, 1.82) is 0 Å². The van der Waals surface area contributed by atoms with Gasteiger partial charge in [-0.1, -0.05) is 0 Å². The van der Waals surface area contributed by atoms with E-state index in [1.807, 2.05) is 14.1 Å². The van der Waals surface area contributed by atoms with E-state index in [-0.39, 0.29) is 48.8 Å². The van der Waals surface area contributed by atoms with Crippen LogP contribution in [0.1, 0.15) is 0 Å². The summed E-state index contributed by atoms with van der Waals surface area (Å²) in [4.78, 5) is 0. The van der Waals surface area contributed by atoms with E-state index in [0.717, 1.165) is 0 Å². The minimum Gasteiger partial charge on any atom is -1.00 e. The quantitative estimate of drug-likeness (QED) is 0.384. The molecule has 9 N–H and O–H groups in total. The van der Waals surface area contributed by atoms with Crippen LogP contribution in [0.4, 0.5) is 0 Å². The molecule has 0 amide bonds. The average Bonchev–Trinajstić information content (AvgIpc) is 1.64. The Balaban J connectivity index is -0.0000000320. The Labute approximate surface area is 90.1 Å². The summed E-state index contributed by atoms with van der Waals surface area (Å²) in [5, 5.41) is 8.47. The second-order valence-corrected chi connectivity index (χ2v) is 2.71. The summed E-state index contributed by atoms with van der Waals surface area (Å²) in [6.07, 6.45) is 0. The summed E-state index contributed by atoms with van der Waals surface area (Å²) < 4.78 is 10.3. The number of quaternary nitrogens is 1. The van der Waals surface area contributed by atoms with Gasteiger partial charge in [-0.3, -0.25) is 0 Å². The van der Waals surface area contributed by atoms with Gasteiger partial charge < -0.3 is 34.3 Å². The Morgan fingerprint density at radius 3 is 1.79 bits per heavy atom. The molecule has 0 spiro atoms. The molecule has 92 valence electrons. The van der Waals surface area contributed by atoms with Crippen molar-refractivity contribution in [3.8, 4) is 5.75 Å². The van der Waals surface area contributed by atoms with Gasteiger partial charge in [-0.25, -0.2) is 0 Å². The van der Waals surface area contributed by atoms with Crippen molar-refractivity contribution in [2.24, 2.45) is 0 Å². The summed E-state index contributed by atoms with van der Waals surface area (Å²) >= 11 is 0. The molecule has 0 heterocycles. The molecule has 0 aliphatic carbocycles. The van der Waals surface area contributed by atoms with Crippen molar-refractivity contribution >= 4 is 7.92 Å². The summed E-state index contributed by atoms with van der Waals surface area (Å²) in [5.41, 5.74) is 0. The van der Waals surface area contributed by atoms with E-state index in [1.54, 1.807) is 0 Å². The Kier molecular flexibility index (Phi) is 49.5. The fourth-order valence-electron chi connectivity index (χ4n) is 0.411. The normalized spacial score (nSPS) is 6.79. The maximum atomic E-state index is 9.98. The van der Waals surface area contributed by atoms with Crippen LogP contribution in [-0.2, 0) is 4.57 Å². The molecule has 0 saturated heterocycles. The van der Waals surface area contributed by atoms with Gasteiger partial charge in [0.15, 0.2) is 0 Å². The largest absolute Gasteiger partial charge is 1.00 e. The standard InChI is InChI=1S/C5H11NO2P.ClH.4H2O/c1-6(2,3-4-7)5-9-8;;;;;/h7H,3-4H2,1-2H3;1H;4*1H2/q+1;;;;;/p-1. The molecule has 9 heteroatoms. The van der Waals surface area contributed by atoms with Crippen LogP contribution in [0.5, 0.6) is 0 Å². The number of hydrogen-bond donors (Lipinski definition) is 1. The third kappa shape index (κ3) is 22.7. The molecular formula is C5H19ClNO6P. The third-order valence-corrected chi connectivity index (χ3v) is 1.59. The first-order valence-corrected chi connectivity index (χ1v) is 3.47. The number of likely N-dealkylation sites (N-methyl/N-ethyl adjacent to an activating group) is 1. The molecule has 0 aromatic rings. The molecule has 0 aromatic heterocycles. The van der Waals surface area contributed by atoms with E-state index in [0.29, 0.717) is 11.0 Å². The topological polar surface area (TPSA) is 163 Å². The molecule has 0 bridgehead atoms. The predicted molar refractivity (Wildman–Crippen MR) is 50.0 cm³/mol. The van der Waals surface area contributed by atoms with Gasteiger partial charge in [0.1, 0.15) is 0 Å². The smallest absolute Gasteiger partial charge is 0.412 e. The molecule has 7 nitrogen and oxygen atoms in total. The average molecular weight is 256 g/mol. The van der Waals surface area contributed by atoms with Gasteiger partial charge in [0.2, 0.25) is 0 Å². The monoisotopic (exact) mass is 255 g/mol. The second-order valence-electron chi connectivity index (χ2n) is 2.32. The van der Waals surface area contributed by atoms with Crippen LogP contribution in [0, 0.1) is 5.75 Å². The van der Waals surface area contributed by atoms with Gasteiger partial charge in [0.05, 0.1) is 0 Å². The van der Waals surface area contributed by atoms with Crippen LogP contribution in [0.3, 0.4) is 0 Å². The molecule has 14 heavy (non-hydrogen) atoms. The van der Waals surface area contributed by atoms with Crippen LogP contribution in [0.25, 0.3) is 0 Å². The molecule has 0 atom stereocenters. The molecule has 0 aromatic carbocycles. The molecule has 0 rings (SSSR count). The van der Waals surface area contributed by atoms with Gasteiger partial charge >= 0.3 is 55.1 Å². The van der Waals surface area contributed by atoms with Crippen molar-refractivity contribution in [3.05, 3.63) is 0 Å². The number of halogens is 1. The van der Waals surface area contributed by atoms with Crippen molar-refractivity contribution in [2.75, 3.05) is 27.2 Å². The van der Waals surface area contributed by atoms with Crippen LogP contribution in [0.15, 0.2) is 0 Å². The first-order valence-electron chi connectivity index (χ1n) is 2.66. The van der Waals surface area contributed by atoms with E-state index in [9.17, 15) is 4.57 Å². The zero-order chi connectivity index (χ0) is 7.33. The Bertz CT molecular complexity index is 182. The summed E-state index contributed by atoms with van der Waals surface area (Å²) in [7, 11) is 3.54. The Morgan fingerprint density at radius 1 is 1.21 bits per heavy atom. The molecule has 0 aliphatic rings. The first-order chi connectivity index (χ1) is 4.12. The van der Waals surface area contributed by atoms with Crippen molar-refractivity contribution in [2.45, 2.75) is 0 Å². The van der Waals surface area contributed by atoms with Crippen LogP contribution in [-0.4, -0.2) is 58.7 Å². The van der Waals surface area contributed by atoms with Gasteiger partial charge in [-0.2, -0.15) is 0 Å². The van der Waals surface area contributed by atoms with E-state index in [4.69, 9.17) is 5.11 Å². The fourth-order valence-corrected chi connectivity index (χ4v) is 0.732. The molecule has 0 fully saturated rings. The Morgan fingerprint density at radius 2 is 1.57 bits per heavy atom. The Hall–Kier alpha value is 0.0600. The van der Waals surface area contributed by atoms with Gasteiger partial charge in [0, 0.05) is 0 Å². The van der Waals surface area contributed by atoms with E-state index >= 15 is 0 Å². The van der Waals surface area contributed by atoms with E-state index in [2.05, 4.69) is 5.75 Å². The van der Waals surface area contributed by atoms with Crippen molar-refractivity contribution in [1.82, 2.24) is 0 Å². The summed E-state index contributed by atoms with van der Waals surface area (Å²) in [6, 6.07) is 0. The minimum absolute atomic E-state index is 0. The predicted octanol–water partition coefficient (Wildman–Crippen LogP) is -6.03. The number of nitrogens with zero attached hydrogens (tertiary/aromatic N) is 1. The van der Waals surface area contributed by atoms with E-state index < -0.39 is 0 Å². The number of rotatable bonds is 2. The molecule has 0 unspecified atom stereocenters. The molecule has 0 aliphatic heterocycles. The zero-order valence-corrected chi connectivity index (χ0v) is 9.69. The minimum atomic E-state index is -0.105. The maximum Gasteiger partial charge on any atom is -0.412 e. The summed E-state index contributed by atoms with van der Waals surface area (Å²) in [5.74, 6) is 2.62. The SMILES string of the molecule is C[N+](C)(C#P=O)CCO.O.O.O.O.[Cl-]. The summed E-state index contributed by atoms with van der Waals surface area (Å²) in [6.45, 7) is 0.644. The van der Waals surface area contributed by atoms with Gasteiger partial charge in [-0.15, -0.1) is 0 Å². The number of aliphatic hydroxyl groups is 1. The number of aliphatic hydroxyl groups excluding tert-OH is 1. The van der Waals surface area contributed by atoms with Crippen LogP contribution in [0.2, 0.25) is 0 Å². The van der Waals surface area contributed by atoms with Crippen LogP contribution >= 0.6 is 7.92 Å². The first kappa shape index (κ1) is 36.9. The fraction of sp³-hybridized carbons (Fsp3) is 0.800.